The van der Waals surface area contributed by atoms with Crippen molar-refractivity contribution in [3.63, 3.8) is 0 Å². The van der Waals surface area contributed by atoms with Crippen LogP contribution in [0.15, 0.2) is 78.9 Å². The van der Waals surface area contributed by atoms with Gasteiger partial charge in [0, 0.05) is 16.6 Å². The van der Waals surface area contributed by atoms with E-state index in [0.717, 1.165) is 39.3 Å². The molecule has 3 aromatic carbocycles. The predicted octanol–water partition coefficient (Wildman–Crippen LogP) is 5.96. The standard InChI is InChI=1S/C23H20N2O/c1-16-7-9-17(10-8-16)22-15-23(20-5-3-4-6-21(20)25-22)24-18-11-13-19(26-2)14-12-18/h3-15H,1-2H3,(H,24,25). The van der Waals surface area contributed by atoms with Crippen molar-refractivity contribution >= 4 is 22.3 Å². The molecular formula is C23H20N2O. The van der Waals surface area contributed by atoms with Gasteiger partial charge < -0.3 is 10.1 Å². The summed E-state index contributed by atoms with van der Waals surface area (Å²) >= 11 is 0. The highest BCUT2D eigenvalue weighted by atomic mass is 16.5. The average Bonchev–Trinajstić information content (AvgIpc) is 2.69. The topological polar surface area (TPSA) is 34.1 Å². The first-order chi connectivity index (χ1) is 12.7. The minimum atomic E-state index is 0.843. The van der Waals surface area contributed by atoms with E-state index >= 15 is 0 Å². The van der Waals surface area contributed by atoms with Crippen LogP contribution in [-0.4, -0.2) is 12.1 Å². The van der Waals surface area contributed by atoms with Crippen LogP contribution in [0.3, 0.4) is 0 Å². The van der Waals surface area contributed by atoms with Crippen molar-refractivity contribution in [3.8, 4) is 17.0 Å². The van der Waals surface area contributed by atoms with Crippen molar-refractivity contribution in [1.82, 2.24) is 4.98 Å². The van der Waals surface area contributed by atoms with Crippen LogP contribution < -0.4 is 10.1 Å². The fourth-order valence-corrected chi connectivity index (χ4v) is 2.98. The number of fused-ring (bicyclic) bond motifs is 1. The maximum Gasteiger partial charge on any atom is 0.119 e. The molecule has 0 atom stereocenters. The van der Waals surface area contributed by atoms with E-state index in [1.165, 1.54) is 5.56 Å². The predicted molar refractivity (Wildman–Crippen MR) is 108 cm³/mol. The number of benzene rings is 3. The number of methoxy groups -OCH3 is 1. The molecule has 4 rings (SSSR count). The maximum absolute atomic E-state index is 5.24. The van der Waals surface area contributed by atoms with Crippen molar-refractivity contribution < 1.29 is 4.74 Å². The molecule has 26 heavy (non-hydrogen) atoms. The van der Waals surface area contributed by atoms with E-state index < -0.39 is 0 Å². The highest BCUT2D eigenvalue weighted by molar-refractivity contribution is 5.95. The van der Waals surface area contributed by atoms with Gasteiger partial charge in [-0.25, -0.2) is 4.98 Å². The van der Waals surface area contributed by atoms with Gasteiger partial charge in [0.05, 0.1) is 24.0 Å². The lowest BCUT2D eigenvalue weighted by Crippen LogP contribution is -1.95. The van der Waals surface area contributed by atoms with E-state index in [-0.39, 0.29) is 0 Å². The number of pyridine rings is 1. The van der Waals surface area contributed by atoms with Crippen LogP contribution in [0.25, 0.3) is 22.2 Å². The molecule has 128 valence electrons. The van der Waals surface area contributed by atoms with Gasteiger partial charge >= 0.3 is 0 Å². The van der Waals surface area contributed by atoms with Crippen molar-refractivity contribution in [3.05, 3.63) is 84.4 Å². The summed E-state index contributed by atoms with van der Waals surface area (Å²) in [5, 5.41) is 4.62. The van der Waals surface area contributed by atoms with Crippen LogP contribution in [0.5, 0.6) is 5.75 Å². The van der Waals surface area contributed by atoms with Crippen LogP contribution in [0, 0.1) is 6.92 Å². The monoisotopic (exact) mass is 340 g/mol. The molecule has 0 fully saturated rings. The molecular weight excluding hydrogens is 320 g/mol. The second-order valence-electron chi connectivity index (χ2n) is 6.29. The second-order valence-corrected chi connectivity index (χ2v) is 6.29. The van der Waals surface area contributed by atoms with Gasteiger partial charge in [-0.15, -0.1) is 0 Å². The van der Waals surface area contributed by atoms with Crippen LogP contribution in [0.2, 0.25) is 0 Å². The molecule has 0 unspecified atom stereocenters. The zero-order valence-electron chi connectivity index (χ0n) is 14.9. The molecule has 4 aromatic rings. The van der Waals surface area contributed by atoms with Crippen molar-refractivity contribution in [2.75, 3.05) is 12.4 Å². The number of nitrogens with zero attached hydrogens (tertiary/aromatic N) is 1. The fourth-order valence-electron chi connectivity index (χ4n) is 2.98. The number of hydrogen-bond acceptors (Lipinski definition) is 3. The highest BCUT2D eigenvalue weighted by Gasteiger charge is 2.08. The summed E-state index contributed by atoms with van der Waals surface area (Å²) in [4.78, 5) is 4.84. The summed E-state index contributed by atoms with van der Waals surface area (Å²) in [6, 6.07) is 26.7. The highest BCUT2D eigenvalue weighted by Crippen LogP contribution is 2.31. The zero-order chi connectivity index (χ0) is 17.9. The summed E-state index contributed by atoms with van der Waals surface area (Å²) in [5.74, 6) is 0.843. The number of rotatable bonds is 4. The van der Waals surface area contributed by atoms with Gasteiger partial charge in [-0.1, -0.05) is 48.0 Å². The van der Waals surface area contributed by atoms with E-state index in [1.807, 2.05) is 42.5 Å². The molecule has 1 heterocycles. The molecule has 0 radical (unpaired) electrons. The lowest BCUT2D eigenvalue weighted by Gasteiger charge is -2.13. The summed E-state index contributed by atoms with van der Waals surface area (Å²) in [6.07, 6.45) is 0. The number of hydrogen-bond donors (Lipinski definition) is 1. The van der Waals surface area contributed by atoms with Gasteiger partial charge in [0.1, 0.15) is 5.75 Å². The fraction of sp³-hybridized carbons (Fsp3) is 0.0870. The molecule has 3 heteroatoms. The first-order valence-corrected chi connectivity index (χ1v) is 8.61. The Kier molecular flexibility index (Phi) is 4.28. The Hall–Kier alpha value is -3.33. The van der Waals surface area contributed by atoms with Gasteiger partial charge in [0.25, 0.3) is 0 Å². The van der Waals surface area contributed by atoms with E-state index in [0.29, 0.717) is 0 Å². The van der Waals surface area contributed by atoms with Gasteiger partial charge in [0.2, 0.25) is 0 Å². The van der Waals surface area contributed by atoms with E-state index in [2.05, 4.69) is 48.6 Å². The number of nitrogens with one attached hydrogen (secondary N) is 1. The Balaban J connectivity index is 1.79. The lowest BCUT2D eigenvalue weighted by atomic mass is 10.1. The van der Waals surface area contributed by atoms with E-state index in [1.54, 1.807) is 7.11 Å². The minimum Gasteiger partial charge on any atom is -0.497 e. The van der Waals surface area contributed by atoms with Gasteiger partial charge in [-0.3, -0.25) is 0 Å². The Morgan fingerprint density at radius 1 is 0.846 bits per heavy atom. The van der Waals surface area contributed by atoms with Crippen LogP contribution >= 0.6 is 0 Å². The zero-order valence-corrected chi connectivity index (χ0v) is 14.9. The van der Waals surface area contributed by atoms with Crippen molar-refractivity contribution in [1.29, 1.82) is 0 Å². The average molecular weight is 340 g/mol. The molecule has 0 aliphatic rings. The molecule has 0 spiro atoms. The summed E-state index contributed by atoms with van der Waals surface area (Å²) in [6.45, 7) is 2.09. The number of ether oxygens (including phenoxy) is 1. The smallest absolute Gasteiger partial charge is 0.119 e. The molecule has 1 N–H and O–H groups in total. The Labute approximate surface area is 153 Å². The molecule has 1 aromatic heterocycles. The number of aromatic nitrogens is 1. The number of anilines is 2. The van der Waals surface area contributed by atoms with Crippen LogP contribution in [0.1, 0.15) is 5.56 Å². The van der Waals surface area contributed by atoms with Crippen molar-refractivity contribution in [2.45, 2.75) is 6.92 Å². The van der Waals surface area contributed by atoms with E-state index in [4.69, 9.17) is 9.72 Å². The SMILES string of the molecule is COc1ccc(Nc2cc(-c3ccc(C)cc3)nc3ccccc23)cc1. The molecule has 0 saturated heterocycles. The van der Waals surface area contributed by atoms with Crippen LogP contribution in [0.4, 0.5) is 11.4 Å². The molecule has 0 amide bonds. The van der Waals surface area contributed by atoms with Gasteiger partial charge in [-0.05, 0) is 43.3 Å². The normalized spacial score (nSPS) is 10.7. The van der Waals surface area contributed by atoms with Crippen molar-refractivity contribution in [2.24, 2.45) is 0 Å². The number of para-hydroxylation sites is 1. The molecule has 0 aliphatic heterocycles. The third-order valence-electron chi connectivity index (χ3n) is 4.43. The minimum absolute atomic E-state index is 0.843. The first-order valence-electron chi connectivity index (χ1n) is 8.61. The quantitative estimate of drug-likeness (QED) is 0.497. The Bertz CT molecular complexity index is 1040. The molecule has 0 aliphatic carbocycles. The number of aryl methyl sites for hydroxylation is 1. The summed E-state index contributed by atoms with van der Waals surface area (Å²) in [7, 11) is 1.67. The lowest BCUT2D eigenvalue weighted by molar-refractivity contribution is 0.415. The summed E-state index contributed by atoms with van der Waals surface area (Å²) < 4.78 is 5.24. The summed E-state index contributed by atoms with van der Waals surface area (Å²) in [5.41, 5.74) is 6.33. The second kappa shape index (κ2) is 6.89. The molecule has 0 bridgehead atoms. The van der Waals surface area contributed by atoms with Gasteiger partial charge in [0.15, 0.2) is 0 Å². The Morgan fingerprint density at radius 2 is 1.58 bits per heavy atom. The van der Waals surface area contributed by atoms with Gasteiger partial charge in [-0.2, -0.15) is 0 Å². The molecule has 3 nitrogen and oxygen atoms in total. The maximum atomic E-state index is 5.24. The molecule has 0 saturated carbocycles. The van der Waals surface area contributed by atoms with Crippen LogP contribution in [-0.2, 0) is 0 Å². The van der Waals surface area contributed by atoms with E-state index in [9.17, 15) is 0 Å². The third kappa shape index (κ3) is 3.24. The first kappa shape index (κ1) is 16.2. The third-order valence-corrected chi connectivity index (χ3v) is 4.43. The Morgan fingerprint density at radius 3 is 2.31 bits per heavy atom. The largest absolute Gasteiger partial charge is 0.497 e.